The van der Waals surface area contributed by atoms with Crippen molar-refractivity contribution in [2.24, 2.45) is 0 Å². The first-order valence-electron chi connectivity index (χ1n) is 6.36. The van der Waals surface area contributed by atoms with Gasteiger partial charge in [-0.15, -0.1) is 5.10 Å². The lowest BCUT2D eigenvalue weighted by Gasteiger charge is -2.17. The Kier molecular flexibility index (Phi) is 2.72. The minimum Gasteiger partial charge on any atom is -0.386 e. The lowest BCUT2D eigenvalue weighted by Crippen LogP contribution is -2.15. The predicted octanol–water partition coefficient (Wildman–Crippen LogP) is 1.92. The summed E-state index contributed by atoms with van der Waals surface area (Å²) in [6, 6.07) is 10.8. The number of aromatic amines is 1. The molecule has 3 rings (SSSR count). The second-order valence-electron chi connectivity index (χ2n) is 5.28. The van der Waals surface area contributed by atoms with Gasteiger partial charge in [-0.3, -0.25) is 4.79 Å². The van der Waals surface area contributed by atoms with Gasteiger partial charge in [0.05, 0.1) is 5.60 Å². The minimum atomic E-state index is -0.885. The quantitative estimate of drug-likeness (QED) is 0.746. The lowest BCUT2D eigenvalue weighted by atomic mass is 9.97. The van der Waals surface area contributed by atoms with Crippen LogP contribution in [-0.4, -0.2) is 19.7 Å². The van der Waals surface area contributed by atoms with E-state index in [1.807, 2.05) is 24.3 Å². The van der Waals surface area contributed by atoms with Gasteiger partial charge in [-0.1, -0.05) is 24.3 Å². The van der Waals surface area contributed by atoms with Gasteiger partial charge in [0, 0.05) is 11.8 Å². The van der Waals surface area contributed by atoms with Gasteiger partial charge in [0.1, 0.15) is 5.52 Å². The molecule has 1 aromatic carbocycles. The number of aromatic nitrogens is 3. The van der Waals surface area contributed by atoms with Crippen LogP contribution in [-0.2, 0) is 5.60 Å². The Morgan fingerprint density at radius 1 is 1.20 bits per heavy atom. The van der Waals surface area contributed by atoms with E-state index < -0.39 is 5.60 Å². The maximum atomic E-state index is 11.9. The molecule has 0 aliphatic heterocycles. The summed E-state index contributed by atoms with van der Waals surface area (Å²) in [4.78, 5) is 14.7. The van der Waals surface area contributed by atoms with Crippen LogP contribution in [0, 0.1) is 0 Å². The van der Waals surface area contributed by atoms with Crippen molar-refractivity contribution in [1.29, 1.82) is 0 Å². The van der Waals surface area contributed by atoms with Crippen LogP contribution in [0.15, 0.2) is 47.4 Å². The molecule has 0 unspecified atom stereocenters. The van der Waals surface area contributed by atoms with Gasteiger partial charge in [0.25, 0.3) is 5.56 Å². The zero-order chi connectivity index (χ0) is 14.3. The molecule has 0 aliphatic rings. The average Bonchev–Trinajstić information content (AvgIpc) is 2.86. The maximum Gasteiger partial charge on any atom is 0.275 e. The van der Waals surface area contributed by atoms with Crippen molar-refractivity contribution >= 4 is 5.52 Å². The van der Waals surface area contributed by atoms with Gasteiger partial charge in [0.15, 0.2) is 5.82 Å². The first-order valence-corrected chi connectivity index (χ1v) is 6.36. The number of hydrogen-bond acceptors (Lipinski definition) is 3. The highest BCUT2D eigenvalue weighted by molar-refractivity contribution is 5.57. The van der Waals surface area contributed by atoms with Crippen molar-refractivity contribution in [2.75, 3.05) is 0 Å². The normalized spacial score (nSPS) is 11.9. The van der Waals surface area contributed by atoms with E-state index in [1.54, 1.807) is 36.7 Å². The SMILES string of the molecule is CC(C)(O)c1ccc(-c2nn3cccc3c(=O)[nH]2)cc1. The summed E-state index contributed by atoms with van der Waals surface area (Å²) in [6.07, 6.45) is 1.74. The molecule has 3 aromatic rings. The number of rotatable bonds is 2. The summed E-state index contributed by atoms with van der Waals surface area (Å²) in [5, 5.41) is 14.3. The van der Waals surface area contributed by atoms with Gasteiger partial charge >= 0.3 is 0 Å². The molecule has 2 N–H and O–H groups in total. The Bertz CT molecular complexity index is 807. The second kappa shape index (κ2) is 4.31. The maximum absolute atomic E-state index is 11.9. The molecule has 0 spiro atoms. The largest absolute Gasteiger partial charge is 0.386 e. The highest BCUT2D eigenvalue weighted by Crippen LogP contribution is 2.22. The van der Waals surface area contributed by atoms with E-state index in [1.165, 1.54) is 0 Å². The van der Waals surface area contributed by atoms with E-state index in [9.17, 15) is 9.90 Å². The van der Waals surface area contributed by atoms with E-state index in [0.717, 1.165) is 11.1 Å². The standard InChI is InChI=1S/C15H15N3O2/c1-15(2,20)11-7-5-10(6-8-11)13-16-14(19)12-4-3-9-18(12)17-13/h3-9,20H,1-2H3,(H,16,17,19). The fraction of sp³-hybridized carbons (Fsp3) is 0.200. The number of benzene rings is 1. The number of nitrogens with zero attached hydrogens (tertiary/aromatic N) is 2. The third kappa shape index (κ3) is 2.12. The van der Waals surface area contributed by atoms with E-state index in [0.29, 0.717) is 11.3 Å². The molecule has 5 heteroatoms. The first-order chi connectivity index (χ1) is 9.45. The Morgan fingerprint density at radius 2 is 1.90 bits per heavy atom. The van der Waals surface area contributed by atoms with Crippen LogP contribution in [0.1, 0.15) is 19.4 Å². The van der Waals surface area contributed by atoms with Gasteiger partial charge in [-0.25, -0.2) is 4.52 Å². The summed E-state index contributed by atoms with van der Waals surface area (Å²) >= 11 is 0. The first kappa shape index (κ1) is 12.6. The van der Waals surface area contributed by atoms with Gasteiger partial charge < -0.3 is 10.1 Å². The van der Waals surface area contributed by atoms with Crippen molar-refractivity contribution in [3.63, 3.8) is 0 Å². The molecule has 0 fully saturated rings. The van der Waals surface area contributed by atoms with E-state index in [4.69, 9.17) is 0 Å². The molecule has 0 amide bonds. The molecule has 0 bridgehead atoms. The summed E-state index contributed by atoms with van der Waals surface area (Å²) < 4.78 is 1.55. The number of H-pyrrole nitrogens is 1. The molecule has 0 atom stereocenters. The van der Waals surface area contributed by atoms with Crippen LogP contribution >= 0.6 is 0 Å². The van der Waals surface area contributed by atoms with E-state index in [2.05, 4.69) is 10.1 Å². The summed E-state index contributed by atoms with van der Waals surface area (Å²) in [5.74, 6) is 0.501. The van der Waals surface area contributed by atoms with Crippen molar-refractivity contribution < 1.29 is 5.11 Å². The Hall–Kier alpha value is -2.40. The molecule has 0 saturated heterocycles. The molecule has 2 heterocycles. The van der Waals surface area contributed by atoms with E-state index >= 15 is 0 Å². The van der Waals surface area contributed by atoms with Gasteiger partial charge in [-0.05, 0) is 31.5 Å². The third-order valence-corrected chi connectivity index (χ3v) is 3.27. The number of aliphatic hydroxyl groups is 1. The van der Waals surface area contributed by atoms with Crippen molar-refractivity contribution in [1.82, 2.24) is 14.6 Å². The molecule has 5 nitrogen and oxygen atoms in total. The lowest BCUT2D eigenvalue weighted by molar-refractivity contribution is 0.0786. The zero-order valence-electron chi connectivity index (χ0n) is 11.3. The molecule has 0 radical (unpaired) electrons. The Labute approximate surface area is 115 Å². The predicted molar refractivity (Wildman–Crippen MR) is 76.5 cm³/mol. The Balaban J connectivity index is 2.09. The van der Waals surface area contributed by atoms with Crippen molar-refractivity contribution in [3.8, 4) is 11.4 Å². The third-order valence-electron chi connectivity index (χ3n) is 3.27. The van der Waals surface area contributed by atoms with Crippen molar-refractivity contribution in [3.05, 3.63) is 58.5 Å². The van der Waals surface area contributed by atoms with Crippen LogP contribution < -0.4 is 5.56 Å². The zero-order valence-corrected chi connectivity index (χ0v) is 11.3. The molecule has 0 aliphatic carbocycles. The molecule has 2 aromatic heterocycles. The summed E-state index contributed by atoms with van der Waals surface area (Å²) in [5.41, 5.74) is 1.06. The topological polar surface area (TPSA) is 70.4 Å². The summed E-state index contributed by atoms with van der Waals surface area (Å²) in [7, 11) is 0. The number of nitrogens with one attached hydrogen (secondary N) is 1. The van der Waals surface area contributed by atoms with Crippen LogP contribution in [0.25, 0.3) is 16.9 Å². The minimum absolute atomic E-state index is 0.174. The van der Waals surface area contributed by atoms with Crippen LogP contribution in [0.2, 0.25) is 0 Å². The van der Waals surface area contributed by atoms with Crippen molar-refractivity contribution in [2.45, 2.75) is 19.4 Å². The monoisotopic (exact) mass is 269 g/mol. The smallest absolute Gasteiger partial charge is 0.275 e. The average molecular weight is 269 g/mol. The second-order valence-corrected chi connectivity index (χ2v) is 5.28. The number of fused-ring (bicyclic) bond motifs is 1. The van der Waals surface area contributed by atoms with Gasteiger partial charge in [-0.2, -0.15) is 0 Å². The van der Waals surface area contributed by atoms with Gasteiger partial charge in [0.2, 0.25) is 0 Å². The molecule has 0 saturated carbocycles. The highest BCUT2D eigenvalue weighted by Gasteiger charge is 2.15. The fourth-order valence-electron chi connectivity index (χ4n) is 2.11. The van der Waals surface area contributed by atoms with Crippen LogP contribution in [0.4, 0.5) is 0 Å². The molecule has 102 valence electrons. The molecule has 20 heavy (non-hydrogen) atoms. The highest BCUT2D eigenvalue weighted by atomic mass is 16.3. The van der Waals surface area contributed by atoms with E-state index in [-0.39, 0.29) is 5.56 Å². The van der Waals surface area contributed by atoms with Crippen LogP contribution in [0.5, 0.6) is 0 Å². The number of hydrogen-bond donors (Lipinski definition) is 2. The molecular weight excluding hydrogens is 254 g/mol. The molecular formula is C15H15N3O2. The Morgan fingerprint density at radius 3 is 2.55 bits per heavy atom. The summed E-state index contributed by atoms with van der Waals surface area (Å²) in [6.45, 7) is 3.46. The van der Waals surface area contributed by atoms with Crippen LogP contribution in [0.3, 0.4) is 0 Å². The fourth-order valence-corrected chi connectivity index (χ4v) is 2.11.